The van der Waals surface area contributed by atoms with Crippen molar-refractivity contribution in [2.45, 2.75) is 13.5 Å². The van der Waals surface area contributed by atoms with Gasteiger partial charge in [0.2, 0.25) is 11.2 Å². The van der Waals surface area contributed by atoms with Crippen LogP contribution in [0.3, 0.4) is 0 Å². The highest BCUT2D eigenvalue weighted by molar-refractivity contribution is 6.04. The molecule has 0 spiro atoms. The lowest BCUT2D eigenvalue weighted by molar-refractivity contribution is 0.0694. The third kappa shape index (κ3) is 3.28. The number of aromatic nitrogens is 2. The number of rotatable bonds is 5. The number of fused-ring (bicyclic) bond motifs is 1. The van der Waals surface area contributed by atoms with Gasteiger partial charge in [0.15, 0.2) is 0 Å². The van der Waals surface area contributed by atoms with Crippen LogP contribution in [0.4, 0.5) is 0 Å². The van der Waals surface area contributed by atoms with E-state index in [9.17, 15) is 14.4 Å². The van der Waals surface area contributed by atoms with Crippen LogP contribution in [0, 0.1) is 0 Å². The highest BCUT2D eigenvalue weighted by atomic mass is 16.4. The van der Waals surface area contributed by atoms with Crippen molar-refractivity contribution >= 4 is 22.8 Å². The zero-order valence-electron chi connectivity index (χ0n) is 13.1. The van der Waals surface area contributed by atoms with Crippen molar-refractivity contribution in [2.75, 3.05) is 14.1 Å². The summed E-state index contributed by atoms with van der Waals surface area (Å²) in [5.41, 5.74) is -0.424. The minimum Gasteiger partial charge on any atom is -0.477 e. The van der Waals surface area contributed by atoms with E-state index >= 15 is 0 Å². The zero-order valence-corrected chi connectivity index (χ0v) is 13.1. The first kappa shape index (κ1) is 16.4. The lowest BCUT2D eigenvalue weighted by atomic mass is 10.1. The predicted molar refractivity (Wildman–Crippen MR) is 85.8 cm³/mol. The second kappa shape index (κ2) is 6.43. The fourth-order valence-corrected chi connectivity index (χ4v) is 2.10. The van der Waals surface area contributed by atoms with E-state index in [-0.39, 0.29) is 22.4 Å². The summed E-state index contributed by atoms with van der Waals surface area (Å²) in [6.45, 7) is 2.23. The van der Waals surface area contributed by atoms with Crippen LogP contribution in [0.25, 0.3) is 11.0 Å². The van der Waals surface area contributed by atoms with Crippen LogP contribution in [0.2, 0.25) is 0 Å². The number of ketones is 1. The summed E-state index contributed by atoms with van der Waals surface area (Å²) in [5, 5.41) is 9.29. The monoisotopic (exact) mass is 315 g/mol. The average Bonchev–Trinajstić information content (AvgIpc) is 2.52. The van der Waals surface area contributed by atoms with Gasteiger partial charge in [0.25, 0.3) is 0 Å². The van der Waals surface area contributed by atoms with Gasteiger partial charge in [0, 0.05) is 39.1 Å². The van der Waals surface area contributed by atoms with E-state index in [2.05, 4.69) is 4.98 Å². The number of aromatic carboxylic acids is 1. The molecular formula is C16H17N3O4. The Morgan fingerprint density at radius 3 is 2.61 bits per heavy atom. The second-order valence-electron chi connectivity index (χ2n) is 5.17. The third-order valence-electron chi connectivity index (χ3n) is 3.27. The number of allylic oxidation sites excluding steroid dienone is 1. The molecule has 23 heavy (non-hydrogen) atoms. The van der Waals surface area contributed by atoms with E-state index in [1.165, 1.54) is 24.4 Å². The average molecular weight is 315 g/mol. The molecule has 2 aromatic heterocycles. The van der Waals surface area contributed by atoms with Crippen LogP contribution < -0.4 is 5.43 Å². The Bertz CT molecular complexity index is 865. The molecule has 1 N–H and O–H groups in total. The molecule has 0 fully saturated rings. The van der Waals surface area contributed by atoms with Crippen LogP contribution in [0.1, 0.15) is 27.8 Å². The summed E-state index contributed by atoms with van der Waals surface area (Å²) in [6, 6.07) is 2.87. The molecule has 0 radical (unpaired) electrons. The van der Waals surface area contributed by atoms with Gasteiger partial charge in [-0.25, -0.2) is 9.78 Å². The third-order valence-corrected chi connectivity index (χ3v) is 3.27. The number of carboxylic acid groups (broad SMARTS) is 1. The Hall–Kier alpha value is -2.96. The molecule has 0 saturated heterocycles. The minimum absolute atomic E-state index is 0.180. The highest BCUT2D eigenvalue weighted by Crippen LogP contribution is 2.12. The van der Waals surface area contributed by atoms with E-state index in [0.717, 1.165) is 0 Å². The van der Waals surface area contributed by atoms with Gasteiger partial charge >= 0.3 is 5.97 Å². The van der Waals surface area contributed by atoms with Gasteiger partial charge in [-0.2, -0.15) is 0 Å². The Morgan fingerprint density at radius 1 is 1.35 bits per heavy atom. The standard InChI is InChI=1S/C16H17N3O4/c1-4-19-9-11(16(22)23)14(21)10-5-6-12(17-15(10)19)13(20)7-8-18(2)3/h5-9H,4H2,1-3H3,(H,22,23)/b8-7+. The first-order chi connectivity index (χ1) is 10.8. The smallest absolute Gasteiger partial charge is 0.341 e. The summed E-state index contributed by atoms with van der Waals surface area (Å²) >= 11 is 0. The quantitative estimate of drug-likeness (QED) is 0.662. The molecule has 0 atom stereocenters. The Labute approximate surface area is 132 Å². The number of aryl methyl sites for hydroxylation is 1. The maximum absolute atomic E-state index is 12.2. The first-order valence-electron chi connectivity index (χ1n) is 7.01. The molecule has 0 saturated carbocycles. The van der Waals surface area contributed by atoms with Gasteiger partial charge in [-0.3, -0.25) is 9.59 Å². The molecule has 2 aromatic rings. The lowest BCUT2D eigenvalue weighted by Crippen LogP contribution is -2.20. The summed E-state index contributed by atoms with van der Waals surface area (Å²) in [6.07, 6.45) is 4.24. The lowest BCUT2D eigenvalue weighted by Gasteiger charge is -2.10. The van der Waals surface area contributed by atoms with E-state index in [4.69, 9.17) is 5.11 Å². The second-order valence-corrected chi connectivity index (χ2v) is 5.17. The zero-order chi connectivity index (χ0) is 17.1. The van der Waals surface area contributed by atoms with Crippen molar-refractivity contribution in [1.29, 1.82) is 0 Å². The van der Waals surface area contributed by atoms with Gasteiger partial charge in [0.05, 0.1) is 5.39 Å². The van der Waals surface area contributed by atoms with E-state index in [1.54, 1.807) is 36.7 Å². The molecule has 0 aliphatic carbocycles. The molecule has 7 nitrogen and oxygen atoms in total. The molecule has 0 bridgehead atoms. The van der Waals surface area contributed by atoms with E-state index < -0.39 is 11.4 Å². The topological polar surface area (TPSA) is 92.5 Å². The van der Waals surface area contributed by atoms with Crippen LogP contribution in [0.5, 0.6) is 0 Å². The van der Waals surface area contributed by atoms with Crippen molar-refractivity contribution in [1.82, 2.24) is 14.5 Å². The summed E-state index contributed by atoms with van der Waals surface area (Å²) in [4.78, 5) is 41.4. The molecule has 0 unspecified atom stereocenters. The maximum Gasteiger partial charge on any atom is 0.341 e. The normalized spacial score (nSPS) is 11.1. The van der Waals surface area contributed by atoms with Crippen molar-refractivity contribution in [3.8, 4) is 0 Å². The SMILES string of the molecule is CCn1cc(C(=O)O)c(=O)c2ccc(C(=O)/C=C/N(C)C)nc21. The number of carbonyl (C=O) groups excluding carboxylic acids is 1. The fourth-order valence-electron chi connectivity index (χ4n) is 2.10. The fraction of sp³-hybridized carbons (Fsp3) is 0.250. The van der Waals surface area contributed by atoms with Crippen molar-refractivity contribution in [3.05, 3.63) is 52.1 Å². The molecule has 7 heteroatoms. The predicted octanol–water partition coefficient (Wildman–Crippen LogP) is 1.37. The molecule has 0 aromatic carbocycles. The minimum atomic E-state index is -1.28. The van der Waals surface area contributed by atoms with Crippen molar-refractivity contribution in [2.24, 2.45) is 0 Å². The molecule has 0 amide bonds. The van der Waals surface area contributed by atoms with Crippen LogP contribution >= 0.6 is 0 Å². The highest BCUT2D eigenvalue weighted by Gasteiger charge is 2.16. The van der Waals surface area contributed by atoms with Crippen LogP contribution in [-0.4, -0.2) is 45.4 Å². The first-order valence-corrected chi connectivity index (χ1v) is 7.01. The summed E-state index contributed by atoms with van der Waals surface area (Å²) in [5.74, 6) is -1.58. The van der Waals surface area contributed by atoms with E-state index in [0.29, 0.717) is 12.2 Å². The number of hydrogen-bond acceptors (Lipinski definition) is 5. The molecule has 0 aliphatic heterocycles. The number of nitrogens with zero attached hydrogens (tertiary/aromatic N) is 3. The van der Waals surface area contributed by atoms with Gasteiger partial charge in [-0.15, -0.1) is 0 Å². The molecular weight excluding hydrogens is 298 g/mol. The molecule has 120 valence electrons. The van der Waals surface area contributed by atoms with Crippen molar-refractivity contribution in [3.63, 3.8) is 0 Å². The number of carboxylic acids is 1. The van der Waals surface area contributed by atoms with Gasteiger partial charge in [-0.1, -0.05) is 0 Å². The number of pyridine rings is 2. The maximum atomic E-state index is 12.2. The molecule has 2 heterocycles. The Balaban J connectivity index is 2.64. The summed E-state index contributed by atoms with van der Waals surface area (Å²) in [7, 11) is 3.58. The van der Waals surface area contributed by atoms with Gasteiger partial charge < -0.3 is 14.6 Å². The van der Waals surface area contributed by atoms with Crippen LogP contribution in [-0.2, 0) is 6.54 Å². The summed E-state index contributed by atoms with van der Waals surface area (Å²) < 4.78 is 1.55. The Morgan fingerprint density at radius 2 is 2.04 bits per heavy atom. The molecule has 0 aliphatic rings. The molecule has 2 rings (SSSR count). The van der Waals surface area contributed by atoms with E-state index in [1.807, 2.05) is 0 Å². The Kier molecular flexibility index (Phi) is 4.59. The van der Waals surface area contributed by atoms with Crippen LogP contribution in [0.15, 0.2) is 35.4 Å². The van der Waals surface area contributed by atoms with Crippen molar-refractivity contribution < 1.29 is 14.7 Å². The van der Waals surface area contributed by atoms with Gasteiger partial charge in [-0.05, 0) is 19.1 Å². The largest absolute Gasteiger partial charge is 0.477 e. The van der Waals surface area contributed by atoms with Gasteiger partial charge in [0.1, 0.15) is 16.9 Å². The number of carbonyl (C=O) groups is 2. The number of hydrogen-bond donors (Lipinski definition) is 1.